The van der Waals surface area contributed by atoms with Gasteiger partial charge in [0.05, 0.1) is 17.6 Å². The summed E-state index contributed by atoms with van der Waals surface area (Å²) in [5.74, 6) is 0.0914. The molecule has 0 saturated carbocycles. The molecule has 7 heteroatoms. The van der Waals surface area contributed by atoms with E-state index in [-0.39, 0.29) is 18.4 Å². The Morgan fingerprint density at radius 2 is 2.08 bits per heavy atom. The average Bonchev–Trinajstić information content (AvgIpc) is 3.15. The van der Waals surface area contributed by atoms with E-state index >= 15 is 0 Å². The zero-order valence-corrected chi connectivity index (χ0v) is 13.8. The van der Waals surface area contributed by atoms with E-state index in [0.29, 0.717) is 23.5 Å². The molecule has 2 N–H and O–H groups in total. The second-order valence-corrected chi connectivity index (χ2v) is 5.86. The smallest absolute Gasteiger partial charge is 0.262 e. The molecule has 0 spiro atoms. The molecule has 2 heterocycles. The fourth-order valence-electron chi connectivity index (χ4n) is 2.68. The third kappa shape index (κ3) is 3.27. The van der Waals surface area contributed by atoms with Gasteiger partial charge in [0, 0.05) is 23.9 Å². The zero-order chi connectivity index (χ0) is 17.9. The Kier molecular flexibility index (Phi) is 4.10. The number of benzene rings is 2. The number of carbonyl (C=O) groups excluding carboxylic acids is 2. The maximum atomic E-state index is 12.4. The van der Waals surface area contributed by atoms with Crippen LogP contribution in [0.4, 0.5) is 5.69 Å². The summed E-state index contributed by atoms with van der Waals surface area (Å²) in [4.78, 5) is 23.8. The van der Waals surface area contributed by atoms with Crippen molar-refractivity contribution in [3.8, 4) is 11.4 Å². The lowest BCUT2D eigenvalue weighted by molar-refractivity contribution is -0.118. The van der Waals surface area contributed by atoms with Crippen molar-refractivity contribution < 1.29 is 14.3 Å². The van der Waals surface area contributed by atoms with Crippen LogP contribution >= 0.6 is 0 Å². The quantitative estimate of drug-likeness (QED) is 0.756. The number of nitrogens with one attached hydrogen (secondary N) is 2. The van der Waals surface area contributed by atoms with Crippen LogP contribution in [0.1, 0.15) is 15.9 Å². The van der Waals surface area contributed by atoms with E-state index in [1.807, 2.05) is 36.5 Å². The Morgan fingerprint density at radius 3 is 2.92 bits per heavy atom. The highest BCUT2D eigenvalue weighted by molar-refractivity contribution is 5.99. The number of fused-ring (bicyclic) bond motifs is 1. The maximum absolute atomic E-state index is 12.4. The monoisotopic (exact) mass is 348 g/mol. The maximum Gasteiger partial charge on any atom is 0.262 e. The lowest BCUT2D eigenvalue weighted by atomic mass is 10.1. The molecule has 26 heavy (non-hydrogen) atoms. The fourth-order valence-corrected chi connectivity index (χ4v) is 2.68. The molecular weight excluding hydrogens is 332 g/mol. The Morgan fingerprint density at radius 1 is 1.23 bits per heavy atom. The molecule has 4 rings (SSSR count). The lowest BCUT2D eigenvalue weighted by Crippen LogP contribution is -2.26. The first-order chi connectivity index (χ1) is 12.7. The topological polar surface area (TPSA) is 85.2 Å². The van der Waals surface area contributed by atoms with Gasteiger partial charge in [0.25, 0.3) is 11.8 Å². The molecule has 130 valence electrons. The van der Waals surface area contributed by atoms with E-state index < -0.39 is 0 Å². The van der Waals surface area contributed by atoms with Crippen LogP contribution in [-0.4, -0.2) is 28.2 Å². The van der Waals surface area contributed by atoms with Gasteiger partial charge in [-0.05, 0) is 30.3 Å². The molecule has 1 aliphatic heterocycles. The first-order valence-electron chi connectivity index (χ1n) is 8.13. The van der Waals surface area contributed by atoms with Crippen LogP contribution in [0, 0.1) is 0 Å². The standard InChI is InChI=1S/C19H16N4O3/c24-18-12-26-17-7-6-14(8-16(17)22-18)19(25)20-9-13-10-21-23(11-13)15-4-2-1-3-5-15/h1-8,10-11H,9,12H2,(H,20,25)(H,22,24). The normalized spacial score (nSPS) is 12.7. The number of hydrogen-bond donors (Lipinski definition) is 2. The Hall–Kier alpha value is -3.61. The third-order valence-electron chi connectivity index (χ3n) is 3.98. The van der Waals surface area contributed by atoms with Crippen molar-refractivity contribution in [2.45, 2.75) is 6.54 Å². The van der Waals surface area contributed by atoms with Crippen LogP contribution in [0.25, 0.3) is 5.69 Å². The van der Waals surface area contributed by atoms with E-state index in [2.05, 4.69) is 15.7 Å². The van der Waals surface area contributed by atoms with Gasteiger partial charge in [0.1, 0.15) is 5.75 Å². The zero-order valence-electron chi connectivity index (χ0n) is 13.8. The first kappa shape index (κ1) is 15.9. The second kappa shape index (κ2) is 6.72. The summed E-state index contributed by atoms with van der Waals surface area (Å²) >= 11 is 0. The van der Waals surface area contributed by atoms with E-state index in [1.54, 1.807) is 29.1 Å². The second-order valence-electron chi connectivity index (χ2n) is 5.86. The van der Waals surface area contributed by atoms with Crippen LogP contribution in [0.15, 0.2) is 60.9 Å². The molecule has 2 aromatic carbocycles. The van der Waals surface area contributed by atoms with Crippen molar-refractivity contribution in [3.05, 3.63) is 72.1 Å². The Labute approximate surface area is 149 Å². The molecular formula is C19H16N4O3. The molecule has 2 amide bonds. The number of carbonyl (C=O) groups is 2. The summed E-state index contributed by atoms with van der Waals surface area (Å²) in [6.45, 7) is 0.343. The van der Waals surface area contributed by atoms with Crippen molar-refractivity contribution in [3.63, 3.8) is 0 Å². The molecule has 0 unspecified atom stereocenters. The summed E-state index contributed by atoms with van der Waals surface area (Å²) in [6.07, 6.45) is 3.59. The number of amides is 2. The van der Waals surface area contributed by atoms with Gasteiger partial charge >= 0.3 is 0 Å². The highest BCUT2D eigenvalue weighted by atomic mass is 16.5. The summed E-state index contributed by atoms with van der Waals surface area (Å²) in [7, 11) is 0. The molecule has 0 radical (unpaired) electrons. The van der Waals surface area contributed by atoms with Gasteiger partial charge in [0.15, 0.2) is 6.61 Å². The Bertz CT molecular complexity index is 966. The molecule has 0 atom stereocenters. The summed E-state index contributed by atoms with van der Waals surface area (Å²) in [5, 5.41) is 9.85. The number of nitrogens with zero attached hydrogens (tertiary/aromatic N) is 2. The minimum atomic E-state index is -0.236. The van der Waals surface area contributed by atoms with Crippen molar-refractivity contribution in [2.24, 2.45) is 0 Å². The Balaban J connectivity index is 1.42. The number of hydrogen-bond acceptors (Lipinski definition) is 4. The fraction of sp³-hybridized carbons (Fsp3) is 0.105. The number of ether oxygens (including phenoxy) is 1. The van der Waals surface area contributed by atoms with Crippen LogP contribution in [0.3, 0.4) is 0 Å². The molecule has 0 aliphatic carbocycles. The van der Waals surface area contributed by atoms with Crippen molar-refractivity contribution in [1.82, 2.24) is 15.1 Å². The summed E-state index contributed by atoms with van der Waals surface area (Å²) < 4.78 is 7.05. The van der Waals surface area contributed by atoms with Crippen LogP contribution < -0.4 is 15.4 Å². The largest absolute Gasteiger partial charge is 0.482 e. The molecule has 3 aromatic rings. The number of para-hydroxylation sites is 1. The summed E-state index contributed by atoms with van der Waals surface area (Å²) in [5.41, 5.74) is 2.79. The molecule has 1 aromatic heterocycles. The van der Waals surface area contributed by atoms with E-state index in [4.69, 9.17) is 4.74 Å². The number of aromatic nitrogens is 2. The summed E-state index contributed by atoms with van der Waals surface area (Å²) in [6, 6.07) is 14.7. The third-order valence-corrected chi connectivity index (χ3v) is 3.98. The van der Waals surface area contributed by atoms with E-state index in [0.717, 1.165) is 11.3 Å². The van der Waals surface area contributed by atoms with Crippen LogP contribution in [0.5, 0.6) is 5.75 Å². The average molecular weight is 348 g/mol. The highest BCUT2D eigenvalue weighted by Gasteiger charge is 2.17. The minimum Gasteiger partial charge on any atom is -0.482 e. The van der Waals surface area contributed by atoms with E-state index in [1.165, 1.54) is 0 Å². The molecule has 1 aliphatic rings. The number of anilines is 1. The van der Waals surface area contributed by atoms with Crippen molar-refractivity contribution in [2.75, 3.05) is 11.9 Å². The van der Waals surface area contributed by atoms with Crippen molar-refractivity contribution >= 4 is 17.5 Å². The van der Waals surface area contributed by atoms with E-state index in [9.17, 15) is 9.59 Å². The van der Waals surface area contributed by atoms with Gasteiger partial charge in [0.2, 0.25) is 0 Å². The molecule has 0 bridgehead atoms. The van der Waals surface area contributed by atoms with Gasteiger partial charge in [-0.25, -0.2) is 4.68 Å². The van der Waals surface area contributed by atoms with Crippen LogP contribution in [-0.2, 0) is 11.3 Å². The minimum absolute atomic E-state index is 0.00997. The van der Waals surface area contributed by atoms with Crippen molar-refractivity contribution in [1.29, 1.82) is 0 Å². The molecule has 7 nitrogen and oxygen atoms in total. The van der Waals surface area contributed by atoms with Gasteiger partial charge in [-0.2, -0.15) is 5.10 Å². The van der Waals surface area contributed by atoms with Crippen LogP contribution in [0.2, 0.25) is 0 Å². The van der Waals surface area contributed by atoms with Gasteiger partial charge in [-0.3, -0.25) is 9.59 Å². The van der Waals surface area contributed by atoms with Gasteiger partial charge in [-0.1, -0.05) is 18.2 Å². The highest BCUT2D eigenvalue weighted by Crippen LogP contribution is 2.28. The predicted molar refractivity (Wildman–Crippen MR) is 95.3 cm³/mol. The molecule has 0 saturated heterocycles. The first-order valence-corrected chi connectivity index (χ1v) is 8.13. The predicted octanol–water partition coefficient (Wildman–Crippen LogP) is 2.13. The SMILES string of the molecule is O=C1COc2ccc(C(=O)NCc3cnn(-c4ccccc4)c3)cc2N1. The number of rotatable bonds is 4. The van der Waals surface area contributed by atoms with Gasteiger partial charge < -0.3 is 15.4 Å². The molecule has 0 fully saturated rings. The lowest BCUT2D eigenvalue weighted by Gasteiger charge is -2.18. The van der Waals surface area contributed by atoms with Gasteiger partial charge in [-0.15, -0.1) is 0 Å².